The summed E-state index contributed by atoms with van der Waals surface area (Å²) in [5.74, 6) is 0.633. The zero-order valence-corrected chi connectivity index (χ0v) is 8.42. The number of hydrogen-bond donors (Lipinski definition) is 1. The Bertz CT molecular complexity index is 276. The van der Waals surface area contributed by atoms with Crippen LogP contribution in [0.25, 0.3) is 0 Å². The van der Waals surface area contributed by atoms with Crippen molar-refractivity contribution in [2.45, 2.75) is 31.7 Å². The monoisotopic (exact) mass is 229 g/mol. The highest BCUT2D eigenvalue weighted by atomic mass is 79.9. The molecule has 1 aromatic rings. The molecule has 1 aliphatic carbocycles. The van der Waals surface area contributed by atoms with Crippen LogP contribution in [0.1, 0.15) is 31.7 Å². The molecule has 1 aromatic heterocycles. The molecular formula is C8H12BrN3. The molecule has 4 heteroatoms. The Hall–Kier alpha value is -0.510. The van der Waals surface area contributed by atoms with Gasteiger partial charge in [0.1, 0.15) is 4.60 Å². The van der Waals surface area contributed by atoms with Crippen molar-refractivity contribution in [2.75, 3.05) is 5.73 Å². The number of imidazole rings is 1. The van der Waals surface area contributed by atoms with Gasteiger partial charge in [0, 0.05) is 12.2 Å². The van der Waals surface area contributed by atoms with Crippen LogP contribution in [-0.4, -0.2) is 9.55 Å². The van der Waals surface area contributed by atoms with Crippen LogP contribution in [0.4, 0.5) is 5.95 Å². The molecule has 0 unspecified atom stereocenters. The second-order valence-electron chi connectivity index (χ2n) is 3.27. The summed E-state index contributed by atoms with van der Waals surface area (Å²) < 4.78 is 2.92. The van der Waals surface area contributed by atoms with Crippen LogP contribution < -0.4 is 5.73 Å². The Morgan fingerprint density at radius 2 is 2.17 bits per heavy atom. The van der Waals surface area contributed by atoms with E-state index in [1.54, 1.807) is 0 Å². The molecule has 0 saturated heterocycles. The standard InChI is InChI=1S/C8H12BrN3/c9-7-5-12(8(10)11-7)6-3-1-2-4-6/h5-6H,1-4H2,(H2,10,11). The summed E-state index contributed by atoms with van der Waals surface area (Å²) in [5.41, 5.74) is 5.74. The van der Waals surface area contributed by atoms with Crippen molar-refractivity contribution in [1.29, 1.82) is 0 Å². The molecule has 0 spiro atoms. The third kappa shape index (κ3) is 1.35. The summed E-state index contributed by atoms with van der Waals surface area (Å²) in [4.78, 5) is 4.11. The molecule has 1 fully saturated rings. The molecule has 66 valence electrons. The fourth-order valence-electron chi connectivity index (χ4n) is 1.85. The van der Waals surface area contributed by atoms with Crippen LogP contribution in [0.3, 0.4) is 0 Å². The predicted octanol–water partition coefficient (Wildman–Crippen LogP) is 2.34. The van der Waals surface area contributed by atoms with Crippen molar-refractivity contribution in [2.24, 2.45) is 0 Å². The van der Waals surface area contributed by atoms with Gasteiger partial charge >= 0.3 is 0 Å². The van der Waals surface area contributed by atoms with Crippen molar-refractivity contribution in [3.8, 4) is 0 Å². The molecule has 0 radical (unpaired) electrons. The Morgan fingerprint density at radius 1 is 1.50 bits per heavy atom. The molecule has 1 saturated carbocycles. The summed E-state index contributed by atoms with van der Waals surface area (Å²) >= 11 is 3.32. The molecular weight excluding hydrogens is 218 g/mol. The van der Waals surface area contributed by atoms with Gasteiger partial charge in [-0.2, -0.15) is 0 Å². The van der Waals surface area contributed by atoms with E-state index in [-0.39, 0.29) is 0 Å². The third-order valence-electron chi connectivity index (χ3n) is 2.45. The molecule has 3 nitrogen and oxygen atoms in total. The van der Waals surface area contributed by atoms with Crippen molar-refractivity contribution >= 4 is 21.9 Å². The number of hydrogen-bond acceptors (Lipinski definition) is 2. The summed E-state index contributed by atoms with van der Waals surface area (Å²) in [6, 6.07) is 0.587. The third-order valence-corrected chi connectivity index (χ3v) is 2.83. The largest absolute Gasteiger partial charge is 0.369 e. The first-order valence-corrected chi connectivity index (χ1v) is 5.06. The maximum atomic E-state index is 5.74. The zero-order chi connectivity index (χ0) is 8.55. The number of anilines is 1. The second kappa shape index (κ2) is 3.09. The Morgan fingerprint density at radius 3 is 2.67 bits per heavy atom. The topological polar surface area (TPSA) is 43.8 Å². The molecule has 0 bridgehead atoms. The van der Waals surface area contributed by atoms with Crippen LogP contribution in [0, 0.1) is 0 Å². The predicted molar refractivity (Wildman–Crippen MR) is 51.8 cm³/mol. The van der Waals surface area contributed by atoms with E-state index in [0.29, 0.717) is 12.0 Å². The molecule has 1 aliphatic rings. The van der Waals surface area contributed by atoms with E-state index in [1.807, 2.05) is 6.20 Å². The Labute approximate surface area is 80.1 Å². The van der Waals surface area contributed by atoms with E-state index in [9.17, 15) is 0 Å². The van der Waals surface area contributed by atoms with E-state index in [2.05, 4.69) is 25.5 Å². The SMILES string of the molecule is Nc1nc(Br)cn1C1CCCC1. The van der Waals surface area contributed by atoms with Crippen LogP contribution in [0.5, 0.6) is 0 Å². The first-order valence-electron chi connectivity index (χ1n) is 4.27. The lowest BCUT2D eigenvalue weighted by molar-refractivity contribution is 0.525. The minimum atomic E-state index is 0.587. The van der Waals surface area contributed by atoms with Crippen LogP contribution in [0.2, 0.25) is 0 Å². The first kappa shape index (κ1) is 8.10. The van der Waals surface area contributed by atoms with Gasteiger partial charge < -0.3 is 10.3 Å². The molecule has 0 aromatic carbocycles. The van der Waals surface area contributed by atoms with E-state index in [1.165, 1.54) is 25.7 Å². The van der Waals surface area contributed by atoms with Crippen molar-refractivity contribution in [1.82, 2.24) is 9.55 Å². The van der Waals surface area contributed by atoms with Gasteiger partial charge in [0.2, 0.25) is 5.95 Å². The number of halogens is 1. The van der Waals surface area contributed by atoms with Crippen molar-refractivity contribution in [3.05, 3.63) is 10.8 Å². The highest BCUT2D eigenvalue weighted by Crippen LogP contribution is 2.31. The number of nitrogens with zero attached hydrogens (tertiary/aromatic N) is 2. The van der Waals surface area contributed by atoms with Crippen LogP contribution in [-0.2, 0) is 0 Å². The van der Waals surface area contributed by atoms with Crippen molar-refractivity contribution < 1.29 is 0 Å². The number of aromatic nitrogens is 2. The number of rotatable bonds is 1. The summed E-state index contributed by atoms with van der Waals surface area (Å²) in [6.45, 7) is 0. The van der Waals surface area contributed by atoms with Crippen LogP contribution in [0.15, 0.2) is 10.8 Å². The summed E-state index contributed by atoms with van der Waals surface area (Å²) in [7, 11) is 0. The lowest BCUT2D eigenvalue weighted by Gasteiger charge is -2.11. The van der Waals surface area contributed by atoms with E-state index >= 15 is 0 Å². The van der Waals surface area contributed by atoms with Gasteiger partial charge in [-0.15, -0.1) is 0 Å². The molecule has 1 heterocycles. The van der Waals surface area contributed by atoms with Gasteiger partial charge in [-0.3, -0.25) is 0 Å². The fraction of sp³-hybridized carbons (Fsp3) is 0.625. The van der Waals surface area contributed by atoms with Gasteiger partial charge in [-0.05, 0) is 28.8 Å². The molecule has 2 N–H and O–H groups in total. The minimum Gasteiger partial charge on any atom is -0.369 e. The normalized spacial score (nSPS) is 18.8. The number of nitrogen functional groups attached to an aromatic ring is 1. The van der Waals surface area contributed by atoms with Gasteiger partial charge in [0.25, 0.3) is 0 Å². The maximum absolute atomic E-state index is 5.74. The quantitative estimate of drug-likeness (QED) is 0.804. The molecule has 12 heavy (non-hydrogen) atoms. The van der Waals surface area contributed by atoms with E-state index in [0.717, 1.165) is 4.60 Å². The average molecular weight is 230 g/mol. The Balaban J connectivity index is 2.25. The number of nitrogens with two attached hydrogens (primary N) is 1. The smallest absolute Gasteiger partial charge is 0.201 e. The van der Waals surface area contributed by atoms with Crippen molar-refractivity contribution in [3.63, 3.8) is 0 Å². The van der Waals surface area contributed by atoms with Gasteiger partial charge in [-0.25, -0.2) is 4.98 Å². The lowest BCUT2D eigenvalue weighted by Crippen LogP contribution is -2.07. The highest BCUT2D eigenvalue weighted by Gasteiger charge is 2.18. The average Bonchev–Trinajstić information content (AvgIpc) is 2.58. The molecule has 0 aliphatic heterocycles. The molecule has 2 rings (SSSR count). The first-order chi connectivity index (χ1) is 5.77. The fourth-order valence-corrected chi connectivity index (χ4v) is 2.25. The summed E-state index contributed by atoms with van der Waals surface area (Å²) in [5, 5.41) is 0. The maximum Gasteiger partial charge on any atom is 0.201 e. The Kier molecular flexibility index (Phi) is 2.09. The zero-order valence-electron chi connectivity index (χ0n) is 6.83. The van der Waals surface area contributed by atoms with Gasteiger partial charge in [0.05, 0.1) is 0 Å². The summed E-state index contributed by atoms with van der Waals surface area (Å²) in [6.07, 6.45) is 7.10. The van der Waals surface area contributed by atoms with E-state index < -0.39 is 0 Å². The van der Waals surface area contributed by atoms with E-state index in [4.69, 9.17) is 5.73 Å². The van der Waals surface area contributed by atoms with Crippen LogP contribution >= 0.6 is 15.9 Å². The minimum absolute atomic E-state index is 0.587. The second-order valence-corrected chi connectivity index (χ2v) is 4.08. The molecule has 0 atom stereocenters. The molecule has 0 amide bonds. The van der Waals surface area contributed by atoms with Gasteiger partial charge in [-0.1, -0.05) is 12.8 Å². The highest BCUT2D eigenvalue weighted by molar-refractivity contribution is 9.10. The lowest BCUT2D eigenvalue weighted by atomic mass is 10.2. The van der Waals surface area contributed by atoms with Gasteiger partial charge in [0.15, 0.2) is 0 Å².